The van der Waals surface area contributed by atoms with Gasteiger partial charge in [-0.05, 0) is 24.3 Å². The molecular weight excluding hydrogens is 286 g/mol. The molecule has 2 heterocycles. The van der Waals surface area contributed by atoms with Crippen molar-refractivity contribution in [2.24, 2.45) is 0 Å². The Morgan fingerprint density at radius 2 is 1.95 bits per heavy atom. The highest BCUT2D eigenvalue weighted by atomic mass is 16.6. The van der Waals surface area contributed by atoms with Crippen molar-refractivity contribution < 1.29 is 23.5 Å². The van der Waals surface area contributed by atoms with Gasteiger partial charge in [-0.1, -0.05) is 18.2 Å². The van der Waals surface area contributed by atoms with Gasteiger partial charge < -0.3 is 18.9 Å². The maximum atomic E-state index is 12.0. The minimum Gasteiger partial charge on any atom is -0.463 e. The van der Waals surface area contributed by atoms with E-state index in [-0.39, 0.29) is 12.4 Å². The fourth-order valence-corrected chi connectivity index (χ4v) is 2.06. The number of rotatable bonds is 4. The molecule has 3 rings (SSSR count). The summed E-state index contributed by atoms with van der Waals surface area (Å²) in [6.07, 6.45) is 0. The average Bonchev–Trinajstić information content (AvgIpc) is 3.18. The van der Waals surface area contributed by atoms with E-state index in [0.29, 0.717) is 11.5 Å². The van der Waals surface area contributed by atoms with Crippen LogP contribution in [0, 0.1) is 0 Å². The summed E-state index contributed by atoms with van der Waals surface area (Å²) in [6.45, 7) is -0.0643. The molecule has 0 amide bonds. The highest BCUT2D eigenvalue weighted by molar-refractivity contribution is 5.94. The topological polar surface area (TPSA) is 81.5 Å². The normalized spacial score (nSPS) is 10.6. The molecule has 0 unspecified atom stereocenters. The SMILES string of the molecule is COC(=O)c1ccc(COC(=O)c2cc3ccccc3[nH]2)o1. The van der Waals surface area contributed by atoms with E-state index in [0.717, 1.165) is 10.9 Å². The summed E-state index contributed by atoms with van der Waals surface area (Å²) in [4.78, 5) is 26.2. The second kappa shape index (κ2) is 5.77. The molecule has 6 heteroatoms. The van der Waals surface area contributed by atoms with E-state index in [1.165, 1.54) is 13.2 Å². The van der Waals surface area contributed by atoms with E-state index in [1.54, 1.807) is 12.1 Å². The lowest BCUT2D eigenvalue weighted by atomic mass is 10.2. The number of hydrogen-bond donors (Lipinski definition) is 1. The van der Waals surface area contributed by atoms with Crippen LogP contribution in [0.2, 0.25) is 0 Å². The Labute approximate surface area is 125 Å². The number of furan rings is 1. The summed E-state index contributed by atoms with van der Waals surface area (Å²) in [5.41, 5.74) is 1.22. The number of para-hydroxylation sites is 1. The fraction of sp³-hybridized carbons (Fsp3) is 0.125. The Kier molecular flexibility index (Phi) is 3.65. The number of hydrogen-bond acceptors (Lipinski definition) is 5. The lowest BCUT2D eigenvalue weighted by Gasteiger charge is -2.00. The van der Waals surface area contributed by atoms with Gasteiger partial charge in [0.15, 0.2) is 0 Å². The van der Waals surface area contributed by atoms with E-state index >= 15 is 0 Å². The number of ether oxygens (including phenoxy) is 2. The van der Waals surface area contributed by atoms with E-state index in [4.69, 9.17) is 9.15 Å². The number of esters is 2. The van der Waals surface area contributed by atoms with Crippen molar-refractivity contribution in [1.29, 1.82) is 0 Å². The number of H-pyrrole nitrogens is 1. The third kappa shape index (κ3) is 2.71. The van der Waals surface area contributed by atoms with Crippen LogP contribution >= 0.6 is 0 Å². The summed E-state index contributed by atoms with van der Waals surface area (Å²) in [5, 5.41) is 0.931. The third-order valence-electron chi connectivity index (χ3n) is 3.14. The Hall–Kier alpha value is -3.02. The van der Waals surface area contributed by atoms with Crippen LogP contribution in [0.4, 0.5) is 0 Å². The zero-order chi connectivity index (χ0) is 15.5. The maximum Gasteiger partial charge on any atom is 0.373 e. The molecular formula is C16H13NO5. The summed E-state index contributed by atoms with van der Waals surface area (Å²) in [7, 11) is 1.26. The molecule has 0 saturated carbocycles. The minimum absolute atomic E-state index is 0.0643. The number of benzene rings is 1. The van der Waals surface area contributed by atoms with Gasteiger partial charge in [0.1, 0.15) is 18.1 Å². The van der Waals surface area contributed by atoms with E-state index in [1.807, 2.05) is 24.3 Å². The Morgan fingerprint density at radius 1 is 1.14 bits per heavy atom. The van der Waals surface area contributed by atoms with Gasteiger partial charge in [0.05, 0.1) is 7.11 Å². The number of aromatic nitrogens is 1. The summed E-state index contributed by atoms with van der Waals surface area (Å²) < 4.78 is 14.9. The van der Waals surface area contributed by atoms with Gasteiger partial charge >= 0.3 is 11.9 Å². The number of carbonyl (C=O) groups is 2. The van der Waals surface area contributed by atoms with Gasteiger partial charge in [-0.15, -0.1) is 0 Å². The molecule has 0 saturated heterocycles. The summed E-state index contributed by atoms with van der Waals surface area (Å²) >= 11 is 0. The van der Waals surface area contributed by atoms with Crippen LogP contribution in [-0.4, -0.2) is 24.0 Å². The Balaban J connectivity index is 1.67. The average molecular weight is 299 g/mol. The van der Waals surface area contributed by atoms with Crippen LogP contribution in [0.3, 0.4) is 0 Å². The second-order valence-electron chi connectivity index (χ2n) is 4.60. The van der Waals surface area contributed by atoms with Crippen molar-refractivity contribution in [3.05, 3.63) is 59.7 Å². The summed E-state index contributed by atoms with van der Waals surface area (Å²) in [5.74, 6) is -0.635. The number of aromatic amines is 1. The van der Waals surface area contributed by atoms with Gasteiger partial charge in [0, 0.05) is 10.9 Å². The molecule has 112 valence electrons. The number of fused-ring (bicyclic) bond motifs is 1. The zero-order valence-electron chi connectivity index (χ0n) is 11.8. The molecule has 1 aromatic carbocycles. The van der Waals surface area contributed by atoms with Crippen LogP contribution in [0.5, 0.6) is 0 Å². The molecule has 0 aliphatic rings. The molecule has 0 aliphatic carbocycles. The Morgan fingerprint density at radius 3 is 2.73 bits per heavy atom. The van der Waals surface area contributed by atoms with Crippen LogP contribution in [0.15, 0.2) is 46.9 Å². The monoisotopic (exact) mass is 299 g/mol. The molecule has 0 fully saturated rings. The molecule has 0 aliphatic heterocycles. The quantitative estimate of drug-likeness (QED) is 0.749. The second-order valence-corrected chi connectivity index (χ2v) is 4.60. The van der Waals surface area contributed by atoms with Crippen molar-refractivity contribution >= 4 is 22.8 Å². The molecule has 0 spiro atoms. The van der Waals surface area contributed by atoms with Crippen LogP contribution in [0.25, 0.3) is 10.9 Å². The lowest BCUT2D eigenvalue weighted by molar-refractivity contribution is 0.0433. The van der Waals surface area contributed by atoms with Gasteiger partial charge in [0.25, 0.3) is 0 Å². The predicted octanol–water partition coefficient (Wildman–Crippen LogP) is 2.90. The smallest absolute Gasteiger partial charge is 0.373 e. The van der Waals surface area contributed by atoms with Gasteiger partial charge in [0.2, 0.25) is 5.76 Å². The van der Waals surface area contributed by atoms with Crippen molar-refractivity contribution in [1.82, 2.24) is 4.98 Å². The van der Waals surface area contributed by atoms with E-state index in [2.05, 4.69) is 9.72 Å². The first-order valence-electron chi connectivity index (χ1n) is 6.59. The lowest BCUT2D eigenvalue weighted by Crippen LogP contribution is -2.05. The first-order chi connectivity index (χ1) is 10.7. The summed E-state index contributed by atoms with van der Waals surface area (Å²) in [6, 6.07) is 12.3. The zero-order valence-corrected chi connectivity index (χ0v) is 11.8. The molecule has 0 atom stereocenters. The number of carbonyl (C=O) groups excluding carboxylic acids is 2. The highest BCUT2D eigenvalue weighted by Gasteiger charge is 2.14. The highest BCUT2D eigenvalue weighted by Crippen LogP contribution is 2.16. The van der Waals surface area contributed by atoms with Crippen molar-refractivity contribution in [2.45, 2.75) is 6.61 Å². The van der Waals surface area contributed by atoms with E-state index in [9.17, 15) is 9.59 Å². The van der Waals surface area contributed by atoms with Crippen LogP contribution in [-0.2, 0) is 16.1 Å². The molecule has 2 aromatic heterocycles. The minimum atomic E-state index is -0.576. The maximum absolute atomic E-state index is 12.0. The van der Waals surface area contributed by atoms with Gasteiger partial charge in [-0.3, -0.25) is 0 Å². The Bertz CT molecular complexity index is 797. The molecule has 6 nitrogen and oxygen atoms in total. The van der Waals surface area contributed by atoms with Crippen molar-refractivity contribution in [3.8, 4) is 0 Å². The number of nitrogens with one attached hydrogen (secondary N) is 1. The molecule has 0 bridgehead atoms. The first-order valence-corrected chi connectivity index (χ1v) is 6.59. The van der Waals surface area contributed by atoms with Crippen LogP contribution < -0.4 is 0 Å². The molecule has 0 radical (unpaired) electrons. The molecule has 22 heavy (non-hydrogen) atoms. The fourth-order valence-electron chi connectivity index (χ4n) is 2.06. The predicted molar refractivity (Wildman–Crippen MR) is 77.5 cm³/mol. The third-order valence-corrected chi connectivity index (χ3v) is 3.14. The van der Waals surface area contributed by atoms with E-state index < -0.39 is 11.9 Å². The van der Waals surface area contributed by atoms with Crippen molar-refractivity contribution in [2.75, 3.05) is 7.11 Å². The first kappa shape index (κ1) is 13.9. The van der Waals surface area contributed by atoms with Gasteiger partial charge in [-0.25, -0.2) is 9.59 Å². The van der Waals surface area contributed by atoms with Crippen molar-refractivity contribution in [3.63, 3.8) is 0 Å². The molecule has 1 N–H and O–H groups in total. The van der Waals surface area contributed by atoms with Gasteiger partial charge in [-0.2, -0.15) is 0 Å². The largest absolute Gasteiger partial charge is 0.463 e. The number of methoxy groups -OCH3 is 1. The molecule has 3 aromatic rings. The standard InChI is InChI=1S/C16H13NO5/c1-20-16(19)14-7-6-11(22-14)9-21-15(18)13-8-10-4-2-3-5-12(10)17-13/h2-8,17H,9H2,1H3. The van der Waals surface area contributed by atoms with Crippen LogP contribution in [0.1, 0.15) is 26.8 Å².